The predicted molar refractivity (Wildman–Crippen MR) is 213 cm³/mol. The summed E-state index contributed by atoms with van der Waals surface area (Å²) in [5.74, 6) is -1.76. The zero-order valence-electron chi connectivity index (χ0n) is 34.4. The number of epoxide rings is 1. The zero-order valence-corrected chi connectivity index (χ0v) is 34.4. The Morgan fingerprint density at radius 1 is 1.00 bits per heavy atom. The van der Waals surface area contributed by atoms with Crippen molar-refractivity contribution in [1.82, 2.24) is 15.7 Å². The fourth-order valence-electron chi connectivity index (χ4n) is 12.1. The number of hydroxylamine groups is 2. The molecule has 0 radical (unpaired) electrons. The maximum atomic E-state index is 14.9. The molecule has 4 N–H and O–H groups in total. The van der Waals surface area contributed by atoms with Gasteiger partial charge in [0.2, 0.25) is 11.8 Å². The predicted octanol–water partition coefficient (Wildman–Crippen LogP) is 3.52. The molecule has 4 aliphatic heterocycles. The molecule has 0 aromatic heterocycles. The lowest BCUT2D eigenvalue weighted by molar-refractivity contribution is -0.217. The molecule has 1 spiro atoms. The molecule has 13 heteroatoms. The highest BCUT2D eigenvalue weighted by Gasteiger charge is 2.76. The summed E-state index contributed by atoms with van der Waals surface area (Å²) in [4.78, 5) is 49.3. The van der Waals surface area contributed by atoms with Crippen molar-refractivity contribution in [2.45, 2.75) is 146 Å². The van der Waals surface area contributed by atoms with E-state index in [2.05, 4.69) is 61.7 Å². The SMILES string of the molecule is C[C@H](O)[C@@H](NC(=O)[C@@]12C[C@H]3OC(=O)[C@@H]1N(Cc1cccc(C=C4CCC5O[C@]5(C)CC[C@@H]5[C@@H]4CC5(C)C)c1)O[C@@H]2[C@H]1OC2(Cc4ccccc4C2)O[C@H]13)C(=O)NCCO. The van der Waals surface area contributed by atoms with Crippen LogP contribution >= 0.6 is 0 Å². The van der Waals surface area contributed by atoms with Crippen molar-refractivity contribution in [2.24, 2.45) is 22.7 Å². The van der Waals surface area contributed by atoms with E-state index in [9.17, 15) is 24.6 Å². The van der Waals surface area contributed by atoms with Crippen LogP contribution in [0, 0.1) is 22.7 Å². The highest BCUT2D eigenvalue weighted by Crippen LogP contribution is 2.61. The normalized spacial score (nSPS) is 38.6. The Hall–Kier alpha value is -3.69. The highest BCUT2D eigenvalue weighted by atomic mass is 16.8. The lowest BCUT2D eigenvalue weighted by atomic mass is 9.52. The van der Waals surface area contributed by atoms with Gasteiger partial charge >= 0.3 is 5.97 Å². The fourth-order valence-corrected chi connectivity index (χ4v) is 12.1. The van der Waals surface area contributed by atoms with Gasteiger partial charge in [-0.05, 0) is 85.5 Å². The van der Waals surface area contributed by atoms with Gasteiger partial charge in [0, 0.05) is 25.8 Å². The summed E-state index contributed by atoms with van der Waals surface area (Å²) in [5.41, 5.74) is 4.41. The first-order chi connectivity index (χ1) is 28.2. The zero-order chi connectivity index (χ0) is 41.1. The molecule has 3 saturated carbocycles. The van der Waals surface area contributed by atoms with E-state index in [0.29, 0.717) is 36.2 Å². The lowest BCUT2D eigenvalue weighted by Crippen LogP contribution is -2.71. The van der Waals surface area contributed by atoms with Gasteiger partial charge in [-0.15, -0.1) is 0 Å². The molecule has 1 unspecified atom stereocenters. The molecule has 2 aromatic rings. The van der Waals surface area contributed by atoms with Gasteiger partial charge in [0.1, 0.15) is 35.9 Å². The van der Waals surface area contributed by atoms with Crippen LogP contribution in [-0.4, -0.2) is 106 Å². The third-order valence-corrected chi connectivity index (χ3v) is 15.2. The molecular formula is C46H57N3O10. The number of hydrogen-bond donors (Lipinski definition) is 4. The van der Waals surface area contributed by atoms with Crippen molar-refractivity contribution in [3.63, 3.8) is 0 Å². The topological polar surface area (TPSA) is 168 Å². The van der Waals surface area contributed by atoms with E-state index in [0.717, 1.165) is 41.5 Å². The fraction of sp³-hybridized carbons (Fsp3) is 0.630. The molecule has 316 valence electrons. The van der Waals surface area contributed by atoms with Crippen molar-refractivity contribution < 1.29 is 48.4 Å². The number of aliphatic hydroxyl groups is 2. The second kappa shape index (κ2) is 14.2. The van der Waals surface area contributed by atoms with Crippen LogP contribution in [0.15, 0.2) is 54.1 Å². The standard InChI is InChI=1S/C46H57N3O10/c1-25(51)35(40(52)47-16-17-50)48-42(54)46-23-33-36-37(58-45(57-36)20-29-10-5-6-11-30(29)21-45)39(46)59-49(38(46)41(53)55-33)24-27-9-7-8-26(18-27)19-28-12-13-34-44(4,56-34)15-14-32-31(28)22-43(32,2)3/h5-11,18-19,25,31-39,50-51H,12-17,20-24H2,1-4H3,(H,47,52)(H,48,54)/t25-,31+,32+,33+,34?,35+,36-,37-,38-,39+,44+,46-/m0/s1. The van der Waals surface area contributed by atoms with Gasteiger partial charge in [0.15, 0.2) is 11.8 Å². The number of hydrogen-bond acceptors (Lipinski definition) is 11. The number of amides is 2. The van der Waals surface area contributed by atoms with Crippen LogP contribution in [0.4, 0.5) is 0 Å². The van der Waals surface area contributed by atoms with Crippen molar-refractivity contribution in [2.75, 3.05) is 13.2 Å². The van der Waals surface area contributed by atoms with Crippen LogP contribution in [0.2, 0.25) is 0 Å². The van der Waals surface area contributed by atoms with Gasteiger partial charge in [0.25, 0.3) is 0 Å². The van der Waals surface area contributed by atoms with Gasteiger partial charge in [-0.25, -0.2) is 0 Å². The van der Waals surface area contributed by atoms with Gasteiger partial charge in [-0.1, -0.05) is 74.0 Å². The van der Waals surface area contributed by atoms with E-state index >= 15 is 0 Å². The Labute approximate surface area is 345 Å². The first-order valence-electron chi connectivity index (χ1n) is 21.6. The first-order valence-corrected chi connectivity index (χ1v) is 21.6. The number of fused-ring (bicyclic) bond motifs is 7. The smallest absolute Gasteiger partial charge is 0.327 e. The van der Waals surface area contributed by atoms with E-state index < -0.39 is 71.6 Å². The second-order valence-corrected chi connectivity index (χ2v) is 19.5. The molecule has 4 aliphatic carbocycles. The Morgan fingerprint density at radius 2 is 1.76 bits per heavy atom. The molecule has 12 atom stereocenters. The summed E-state index contributed by atoms with van der Waals surface area (Å²) in [6, 6.07) is 13.8. The van der Waals surface area contributed by atoms with Crippen molar-refractivity contribution in [1.29, 1.82) is 0 Å². The number of allylic oxidation sites excluding steroid dienone is 1. The Bertz CT molecular complexity index is 2050. The lowest BCUT2D eigenvalue weighted by Gasteiger charge is -2.53. The molecule has 2 aromatic carbocycles. The number of esters is 1. The van der Waals surface area contributed by atoms with E-state index in [1.807, 2.05) is 24.3 Å². The molecule has 59 heavy (non-hydrogen) atoms. The number of aliphatic hydroxyl groups excluding tert-OH is 2. The maximum Gasteiger partial charge on any atom is 0.327 e. The summed E-state index contributed by atoms with van der Waals surface area (Å²) in [6.45, 7) is 8.27. The first kappa shape index (κ1) is 39.4. The average molecular weight is 812 g/mol. The monoisotopic (exact) mass is 811 g/mol. The number of nitrogens with zero attached hydrogens (tertiary/aromatic N) is 1. The summed E-state index contributed by atoms with van der Waals surface area (Å²) < 4.78 is 26.0. The Balaban J connectivity index is 0.965. The third kappa shape index (κ3) is 6.49. The van der Waals surface area contributed by atoms with Crippen LogP contribution < -0.4 is 10.6 Å². The van der Waals surface area contributed by atoms with Crippen molar-refractivity contribution in [3.8, 4) is 0 Å². The minimum atomic E-state index is -1.55. The molecule has 7 fully saturated rings. The number of carbonyl (C=O) groups is 3. The highest BCUT2D eigenvalue weighted by molar-refractivity contribution is 5.96. The minimum Gasteiger partial charge on any atom is -0.458 e. The molecule has 13 nitrogen and oxygen atoms in total. The number of nitrogens with one attached hydrogen (secondary N) is 2. The quantitative estimate of drug-likeness (QED) is 0.216. The summed E-state index contributed by atoms with van der Waals surface area (Å²) in [7, 11) is 0. The van der Waals surface area contributed by atoms with Gasteiger partial charge < -0.3 is 39.8 Å². The average Bonchev–Trinajstić information content (AvgIpc) is 3.47. The summed E-state index contributed by atoms with van der Waals surface area (Å²) in [5, 5.41) is 27.0. The third-order valence-electron chi connectivity index (χ3n) is 15.2. The van der Waals surface area contributed by atoms with Crippen LogP contribution in [-0.2, 0) is 57.6 Å². The van der Waals surface area contributed by atoms with Gasteiger partial charge in [-0.3, -0.25) is 19.2 Å². The number of rotatable bonds is 9. The van der Waals surface area contributed by atoms with Crippen LogP contribution in [0.3, 0.4) is 0 Å². The number of carbonyl (C=O) groups excluding carboxylic acids is 3. The molecule has 10 rings (SSSR count). The van der Waals surface area contributed by atoms with E-state index in [4.69, 9.17) is 23.8 Å². The van der Waals surface area contributed by atoms with Crippen LogP contribution in [0.25, 0.3) is 6.08 Å². The Kier molecular flexibility index (Phi) is 9.48. The van der Waals surface area contributed by atoms with Gasteiger partial charge in [0.05, 0.1) is 31.0 Å². The minimum absolute atomic E-state index is 0.00891. The molecule has 4 heterocycles. The molecule has 2 amide bonds. The van der Waals surface area contributed by atoms with E-state index in [1.165, 1.54) is 25.3 Å². The Morgan fingerprint density at radius 3 is 2.49 bits per heavy atom. The van der Waals surface area contributed by atoms with Crippen molar-refractivity contribution in [3.05, 3.63) is 76.4 Å². The maximum absolute atomic E-state index is 14.9. The molecular weight excluding hydrogens is 755 g/mol. The van der Waals surface area contributed by atoms with Crippen LogP contribution in [0.1, 0.15) is 88.5 Å². The van der Waals surface area contributed by atoms with Gasteiger partial charge in [-0.2, -0.15) is 5.06 Å². The summed E-state index contributed by atoms with van der Waals surface area (Å²) >= 11 is 0. The second-order valence-electron chi connectivity index (χ2n) is 19.5. The largest absolute Gasteiger partial charge is 0.458 e. The summed E-state index contributed by atoms with van der Waals surface area (Å²) in [6.07, 6.45) is 4.66. The van der Waals surface area contributed by atoms with E-state index in [-0.39, 0.29) is 31.7 Å². The van der Waals surface area contributed by atoms with E-state index in [1.54, 1.807) is 5.06 Å². The molecule has 4 saturated heterocycles. The van der Waals surface area contributed by atoms with Crippen LogP contribution in [0.5, 0.6) is 0 Å². The van der Waals surface area contributed by atoms with Crippen molar-refractivity contribution >= 4 is 23.9 Å². The number of benzene rings is 2. The molecule has 8 aliphatic rings. The molecule has 2 bridgehead atoms. The number of ether oxygens (including phenoxy) is 4.